The fourth-order valence-corrected chi connectivity index (χ4v) is 2.93. The summed E-state index contributed by atoms with van der Waals surface area (Å²) < 4.78 is 0. The largest absolute Gasteiger partial charge is 0.396 e. The van der Waals surface area contributed by atoms with Crippen molar-refractivity contribution in [2.75, 3.05) is 36.9 Å². The van der Waals surface area contributed by atoms with E-state index in [1.165, 1.54) is 6.42 Å². The summed E-state index contributed by atoms with van der Waals surface area (Å²) in [6.45, 7) is 2.56. The lowest BCUT2D eigenvalue weighted by Crippen LogP contribution is -2.45. The Labute approximate surface area is 125 Å². The van der Waals surface area contributed by atoms with Gasteiger partial charge in [-0.1, -0.05) is 0 Å². The number of carbonyl (C=O) groups excluding carboxylic acids is 1. The molecule has 5 heteroatoms. The van der Waals surface area contributed by atoms with E-state index in [0.717, 1.165) is 42.9 Å². The maximum atomic E-state index is 12.8. The Morgan fingerprint density at radius 2 is 2.00 bits per heavy atom. The fourth-order valence-electron chi connectivity index (χ4n) is 2.93. The van der Waals surface area contributed by atoms with Crippen molar-refractivity contribution in [2.45, 2.75) is 31.7 Å². The predicted molar refractivity (Wildman–Crippen MR) is 83.8 cm³/mol. The molecule has 21 heavy (non-hydrogen) atoms. The molecular formula is C16H23N3O2. The number of fused-ring (bicyclic) bond motifs is 1. The van der Waals surface area contributed by atoms with Gasteiger partial charge in [-0.15, -0.1) is 0 Å². The summed E-state index contributed by atoms with van der Waals surface area (Å²) in [7, 11) is 0. The number of nitrogens with one attached hydrogen (secondary N) is 2. The summed E-state index contributed by atoms with van der Waals surface area (Å²) in [6.07, 6.45) is 4.01. The third-order valence-corrected chi connectivity index (χ3v) is 4.36. The lowest BCUT2D eigenvalue weighted by atomic mass is 9.90. The summed E-state index contributed by atoms with van der Waals surface area (Å²) in [5.41, 5.74) is 2.79. The van der Waals surface area contributed by atoms with Crippen LogP contribution in [0.2, 0.25) is 0 Å². The van der Waals surface area contributed by atoms with Gasteiger partial charge in [0.1, 0.15) is 0 Å². The van der Waals surface area contributed by atoms with Crippen molar-refractivity contribution >= 4 is 17.3 Å². The third kappa shape index (κ3) is 2.97. The predicted octanol–water partition coefficient (Wildman–Crippen LogP) is 1.90. The highest BCUT2D eigenvalue weighted by Gasteiger charge is 2.29. The van der Waals surface area contributed by atoms with Crippen molar-refractivity contribution < 1.29 is 9.90 Å². The minimum absolute atomic E-state index is 0.0864. The highest BCUT2D eigenvalue weighted by molar-refractivity contribution is 5.96. The van der Waals surface area contributed by atoms with E-state index in [4.69, 9.17) is 5.11 Å². The Bertz CT molecular complexity index is 514. The molecule has 3 N–H and O–H groups in total. The van der Waals surface area contributed by atoms with Crippen LogP contribution in [-0.4, -0.2) is 48.2 Å². The molecule has 2 aliphatic rings. The number of rotatable bonds is 5. The lowest BCUT2D eigenvalue weighted by Gasteiger charge is -2.37. The van der Waals surface area contributed by atoms with Crippen molar-refractivity contribution in [3.63, 3.8) is 0 Å². The number of amides is 1. The van der Waals surface area contributed by atoms with Gasteiger partial charge < -0.3 is 20.6 Å². The van der Waals surface area contributed by atoms with Crippen LogP contribution in [0.15, 0.2) is 18.2 Å². The molecule has 0 unspecified atom stereocenters. The van der Waals surface area contributed by atoms with Gasteiger partial charge in [0.2, 0.25) is 0 Å². The smallest absolute Gasteiger partial charge is 0.254 e. The molecule has 3 rings (SSSR count). The van der Waals surface area contributed by atoms with Crippen LogP contribution in [0.4, 0.5) is 11.4 Å². The molecule has 0 aromatic heterocycles. The molecule has 0 atom stereocenters. The monoisotopic (exact) mass is 289 g/mol. The van der Waals surface area contributed by atoms with Crippen LogP contribution in [0.5, 0.6) is 0 Å². The maximum absolute atomic E-state index is 12.8. The summed E-state index contributed by atoms with van der Waals surface area (Å²) in [4.78, 5) is 14.7. The fraction of sp³-hybridized carbons (Fsp3) is 0.562. The summed E-state index contributed by atoms with van der Waals surface area (Å²) in [5, 5.41) is 15.7. The Morgan fingerprint density at radius 3 is 2.67 bits per heavy atom. The molecule has 0 bridgehead atoms. The van der Waals surface area contributed by atoms with E-state index in [9.17, 15) is 4.79 Å². The van der Waals surface area contributed by atoms with Gasteiger partial charge in [-0.3, -0.25) is 4.79 Å². The number of nitrogens with zero attached hydrogens (tertiary/aromatic N) is 1. The Morgan fingerprint density at radius 1 is 1.24 bits per heavy atom. The van der Waals surface area contributed by atoms with Crippen molar-refractivity contribution in [3.8, 4) is 0 Å². The zero-order valence-corrected chi connectivity index (χ0v) is 12.3. The molecule has 1 heterocycles. The summed E-state index contributed by atoms with van der Waals surface area (Å²) in [6, 6.07) is 6.16. The van der Waals surface area contributed by atoms with Crippen molar-refractivity contribution in [1.29, 1.82) is 0 Å². The number of aliphatic hydroxyl groups excluding tert-OH is 1. The molecular weight excluding hydrogens is 266 g/mol. The minimum atomic E-state index is 0.0864. The third-order valence-electron chi connectivity index (χ3n) is 4.36. The van der Waals surface area contributed by atoms with Gasteiger partial charge >= 0.3 is 0 Å². The quantitative estimate of drug-likeness (QED) is 0.774. The number of benzene rings is 1. The van der Waals surface area contributed by atoms with Crippen LogP contribution in [0.25, 0.3) is 0 Å². The molecule has 1 aromatic carbocycles. The normalized spacial score (nSPS) is 17.2. The Hall–Kier alpha value is -1.75. The number of aliphatic hydroxyl groups is 1. The Balaban J connectivity index is 1.78. The average molecular weight is 289 g/mol. The standard InChI is InChI=1S/C16H23N3O2/c20-10-2-9-19(13-3-1-4-13)16(21)12-5-6-14-15(11-12)18-8-7-17-14/h5-6,11,13,17-18,20H,1-4,7-10H2. The van der Waals surface area contributed by atoms with Gasteiger partial charge in [-0.2, -0.15) is 0 Å². The van der Waals surface area contributed by atoms with E-state index in [2.05, 4.69) is 10.6 Å². The van der Waals surface area contributed by atoms with Crippen LogP contribution in [0, 0.1) is 0 Å². The number of hydrogen-bond acceptors (Lipinski definition) is 4. The van der Waals surface area contributed by atoms with E-state index in [0.29, 0.717) is 19.0 Å². The second-order valence-corrected chi connectivity index (χ2v) is 5.77. The molecule has 0 spiro atoms. The van der Waals surface area contributed by atoms with Crippen LogP contribution in [0.3, 0.4) is 0 Å². The Kier molecular flexibility index (Phi) is 4.29. The lowest BCUT2D eigenvalue weighted by molar-refractivity contribution is 0.0562. The summed E-state index contributed by atoms with van der Waals surface area (Å²) >= 11 is 0. The first-order valence-corrected chi connectivity index (χ1v) is 7.83. The molecule has 0 radical (unpaired) electrons. The highest BCUT2D eigenvalue weighted by atomic mass is 16.3. The average Bonchev–Trinajstić information content (AvgIpc) is 2.48. The molecule has 1 aliphatic carbocycles. The van der Waals surface area contributed by atoms with Gasteiger partial charge in [-0.05, 0) is 43.9 Å². The van der Waals surface area contributed by atoms with E-state index in [1.54, 1.807) is 0 Å². The molecule has 5 nitrogen and oxygen atoms in total. The molecule has 1 aliphatic heterocycles. The first kappa shape index (κ1) is 14.2. The van der Waals surface area contributed by atoms with Gasteiger partial charge in [0.05, 0.1) is 11.4 Å². The molecule has 1 amide bonds. The van der Waals surface area contributed by atoms with Gasteiger partial charge in [0.25, 0.3) is 5.91 Å². The second-order valence-electron chi connectivity index (χ2n) is 5.77. The summed E-state index contributed by atoms with van der Waals surface area (Å²) in [5.74, 6) is 0.0864. The SMILES string of the molecule is O=C(c1ccc2c(c1)NCCN2)N(CCCO)C1CCC1. The molecule has 114 valence electrons. The molecule has 1 saturated carbocycles. The van der Waals surface area contributed by atoms with E-state index in [1.807, 2.05) is 23.1 Å². The zero-order chi connectivity index (χ0) is 14.7. The molecule has 0 saturated heterocycles. The van der Waals surface area contributed by atoms with Crippen molar-refractivity contribution in [1.82, 2.24) is 4.90 Å². The van der Waals surface area contributed by atoms with Crippen molar-refractivity contribution in [3.05, 3.63) is 23.8 Å². The number of carbonyl (C=O) groups is 1. The van der Waals surface area contributed by atoms with E-state index in [-0.39, 0.29) is 12.5 Å². The molecule has 1 fully saturated rings. The van der Waals surface area contributed by atoms with Crippen LogP contribution >= 0.6 is 0 Å². The van der Waals surface area contributed by atoms with Crippen molar-refractivity contribution in [2.24, 2.45) is 0 Å². The van der Waals surface area contributed by atoms with Crippen LogP contribution < -0.4 is 10.6 Å². The number of anilines is 2. The van der Waals surface area contributed by atoms with Gasteiger partial charge in [0.15, 0.2) is 0 Å². The van der Waals surface area contributed by atoms with Crippen LogP contribution in [0.1, 0.15) is 36.0 Å². The molecule has 1 aromatic rings. The second kappa shape index (κ2) is 6.35. The number of hydrogen-bond donors (Lipinski definition) is 3. The zero-order valence-electron chi connectivity index (χ0n) is 12.3. The van der Waals surface area contributed by atoms with Crippen LogP contribution in [-0.2, 0) is 0 Å². The van der Waals surface area contributed by atoms with E-state index < -0.39 is 0 Å². The highest BCUT2D eigenvalue weighted by Crippen LogP contribution is 2.29. The maximum Gasteiger partial charge on any atom is 0.254 e. The first-order chi connectivity index (χ1) is 10.3. The van der Waals surface area contributed by atoms with E-state index >= 15 is 0 Å². The van der Waals surface area contributed by atoms with Gasteiger partial charge in [0, 0.05) is 37.8 Å². The van der Waals surface area contributed by atoms with Gasteiger partial charge in [-0.25, -0.2) is 0 Å². The first-order valence-electron chi connectivity index (χ1n) is 7.83. The topological polar surface area (TPSA) is 64.6 Å². The minimum Gasteiger partial charge on any atom is -0.396 e.